The third kappa shape index (κ3) is 6.99. The van der Waals surface area contributed by atoms with Gasteiger partial charge in [-0.15, -0.1) is 15.7 Å². The van der Waals surface area contributed by atoms with Crippen LogP contribution in [0.5, 0.6) is 0 Å². The highest BCUT2D eigenvalue weighted by Gasteiger charge is 2.30. The zero-order valence-corrected chi connectivity index (χ0v) is 19.6. The monoisotopic (exact) mass is 514 g/mol. The summed E-state index contributed by atoms with van der Waals surface area (Å²) in [4.78, 5) is 16.1. The topological polar surface area (TPSA) is 209 Å². The molecule has 0 fully saturated rings. The maximum absolute atomic E-state index is 12.3. The summed E-state index contributed by atoms with van der Waals surface area (Å²) in [6.07, 6.45) is 0. The number of guanidine groups is 2. The van der Waals surface area contributed by atoms with Gasteiger partial charge in [-0.25, -0.2) is 10.4 Å². The summed E-state index contributed by atoms with van der Waals surface area (Å²) in [5.41, 5.74) is 15.4. The third-order valence-electron chi connectivity index (χ3n) is 4.21. The Labute approximate surface area is 197 Å². The Hall–Kier alpha value is -2.99. The normalized spacial score (nSPS) is 15.8. The number of anilines is 1. The maximum atomic E-state index is 12.3. The molecular formula is C16H22N10O4S3. The fourth-order valence-corrected chi connectivity index (χ4v) is 5.25. The number of nitrogens with one attached hydrogen (secondary N) is 3. The number of rotatable bonds is 10. The zero-order chi connectivity index (χ0) is 24.0. The first kappa shape index (κ1) is 24.6. The van der Waals surface area contributed by atoms with E-state index in [4.69, 9.17) is 16.9 Å². The summed E-state index contributed by atoms with van der Waals surface area (Å²) >= 11 is 2.90. The van der Waals surface area contributed by atoms with Crippen LogP contribution in [0.2, 0.25) is 0 Å². The van der Waals surface area contributed by atoms with Gasteiger partial charge < -0.3 is 21.7 Å². The van der Waals surface area contributed by atoms with Gasteiger partial charge in [0.1, 0.15) is 6.67 Å². The summed E-state index contributed by atoms with van der Waals surface area (Å²) in [7, 11) is -3.97. The van der Waals surface area contributed by atoms with Crippen molar-refractivity contribution in [3.05, 3.63) is 51.0 Å². The summed E-state index contributed by atoms with van der Waals surface area (Å²) in [5.74, 6) is 0.878. The molecule has 14 nitrogen and oxygen atoms in total. The van der Waals surface area contributed by atoms with Gasteiger partial charge in [-0.05, 0) is 5.56 Å². The van der Waals surface area contributed by atoms with Crippen LogP contribution in [-0.4, -0.2) is 58.5 Å². The summed E-state index contributed by atoms with van der Waals surface area (Å²) in [5, 5.41) is 23.0. The molecule has 33 heavy (non-hydrogen) atoms. The van der Waals surface area contributed by atoms with Crippen LogP contribution in [-0.2, 0) is 22.5 Å². The lowest BCUT2D eigenvalue weighted by atomic mass is 10.2. The minimum Gasteiger partial charge on any atom is -0.370 e. The number of hydrazine groups is 1. The summed E-state index contributed by atoms with van der Waals surface area (Å²) in [6, 6.07) is 5.91. The Morgan fingerprint density at radius 1 is 1.36 bits per heavy atom. The molecule has 3 rings (SSSR count). The van der Waals surface area contributed by atoms with Crippen molar-refractivity contribution in [2.24, 2.45) is 15.9 Å². The predicted octanol–water partition coefficient (Wildman–Crippen LogP) is 0.429. The molecule has 2 aromatic rings. The lowest BCUT2D eigenvalue weighted by Gasteiger charge is -2.33. The quantitative estimate of drug-likeness (QED) is 0.0964. The molecule has 2 heterocycles. The van der Waals surface area contributed by atoms with E-state index in [-0.39, 0.29) is 30.8 Å². The highest BCUT2D eigenvalue weighted by molar-refractivity contribution is 7.98. The van der Waals surface area contributed by atoms with Gasteiger partial charge in [0.15, 0.2) is 11.1 Å². The van der Waals surface area contributed by atoms with E-state index in [1.54, 1.807) is 28.8 Å². The van der Waals surface area contributed by atoms with Gasteiger partial charge in [-0.3, -0.25) is 15.5 Å². The molecule has 0 unspecified atom stereocenters. The molecule has 0 bridgehead atoms. The smallest absolute Gasteiger partial charge is 0.340 e. The molecule has 1 aromatic carbocycles. The van der Waals surface area contributed by atoms with E-state index < -0.39 is 15.1 Å². The van der Waals surface area contributed by atoms with Gasteiger partial charge >= 0.3 is 10.2 Å². The van der Waals surface area contributed by atoms with Crippen molar-refractivity contribution in [1.82, 2.24) is 19.7 Å². The number of hydrogen-bond acceptors (Lipinski definition) is 11. The molecule has 178 valence electrons. The predicted molar refractivity (Wildman–Crippen MR) is 128 cm³/mol. The highest BCUT2D eigenvalue weighted by atomic mass is 32.2. The van der Waals surface area contributed by atoms with Gasteiger partial charge in [0.2, 0.25) is 5.96 Å². The SMILES string of the molecule is N=C(N)Nc1nc(CSCCNN2CN(Cc3ccc([N+](=O)[O-])cc3)C(N)=NS2(=O)=O)cs1. The molecule has 0 atom stereocenters. The number of benzene rings is 1. The molecule has 17 heteroatoms. The number of nitro groups is 1. The molecular weight excluding hydrogens is 492 g/mol. The largest absolute Gasteiger partial charge is 0.370 e. The summed E-state index contributed by atoms with van der Waals surface area (Å²) < 4.78 is 29.3. The molecule has 0 amide bonds. The van der Waals surface area contributed by atoms with Gasteiger partial charge in [-0.2, -0.15) is 20.2 Å². The van der Waals surface area contributed by atoms with Crippen LogP contribution in [0.1, 0.15) is 11.3 Å². The van der Waals surface area contributed by atoms with Crippen molar-refractivity contribution in [2.45, 2.75) is 12.3 Å². The lowest BCUT2D eigenvalue weighted by Crippen LogP contribution is -2.56. The zero-order valence-electron chi connectivity index (χ0n) is 17.2. The van der Waals surface area contributed by atoms with Crippen LogP contribution < -0.4 is 22.2 Å². The minimum atomic E-state index is -3.97. The van der Waals surface area contributed by atoms with E-state index in [1.807, 2.05) is 5.38 Å². The number of non-ortho nitro benzene ring substituents is 1. The van der Waals surface area contributed by atoms with Gasteiger partial charge in [0.25, 0.3) is 5.69 Å². The molecule has 1 aliphatic heterocycles. The number of thioether (sulfide) groups is 1. The first-order valence-corrected chi connectivity index (χ1v) is 12.8. The van der Waals surface area contributed by atoms with E-state index in [0.717, 1.165) is 15.7 Å². The number of thiazole rings is 1. The Kier molecular flexibility index (Phi) is 8.03. The van der Waals surface area contributed by atoms with Crippen molar-refractivity contribution >= 4 is 56.0 Å². The van der Waals surface area contributed by atoms with Crippen LogP contribution in [0.25, 0.3) is 0 Å². The van der Waals surface area contributed by atoms with E-state index in [2.05, 4.69) is 20.1 Å². The van der Waals surface area contributed by atoms with E-state index >= 15 is 0 Å². The van der Waals surface area contributed by atoms with Crippen LogP contribution in [0.3, 0.4) is 0 Å². The standard InChI is InChI=1S/C16H22N10O4S3/c17-14(18)22-16-21-12(9-32-16)8-31-6-5-20-25-10-24(15(19)23-33(25,29)30)7-11-1-3-13(4-2-11)26(27)28/h1-4,9,20H,5-8,10H2,(H2,19,23)(H4,17,18,21,22). The molecule has 0 saturated heterocycles. The molecule has 0 spiro atoms. The summed E-state index contributed by atoms with van der Waals surface area (Å²) in [6.45, 7) is 0.523. The second-order valence-corrected chi connectivity index (χ2v) is 10.2. The average Bonchev–Trinajstić information content (AvgIpc) is 3.17. The number of nitrogens with zero attached hydrogens (tertiary/aromatic N) is 5. The Balaban J connectivity index is 1.49. The van der Waals surface area contributed by atoms with E-state index in [9.17, 15) is 18.5 Å². The first-order valence-electron chi connectivity index (χ1n) is 9.37. The van der Waals surface area contributed by atoms with Gasteiger partial charge in [-0.1, -0.05) is 16.5 Å². The second kappa shape index (κ2) is 10.8. The minimum absolute atomic E-state index is 0.0357. The number of nitro benzene ring substituents is 1. The molecule has 0 radical (unpaired) electrons. The maximum Gasteiger partial charge on any atom is 0.340 e. The van der Waals surface area contributed by atoms with Crippen LogP contribution >= 0.6 is 23.1 Å². The highest BCUT2D eigenvalue weighted by Crippen LogP contribution is 2.20. The molecule has 1 aliphatic rings. The van der Waals surface area contributed by atoms with Crippen LogP contribution in [0.15, 0.2) is 34.0 Å². The molecule has 7 N–H and O–H groups in total. The molecule has 1 aromatic heterocycles. The Bertz CT molecular complexity index is 1140. The van der Waals surface area contributed by atoms with Gasteiger partial charge in [0.05, 0.1) is 10.6 Å². The first-order chi connectivity index (χ1) is 15.6. The third-order valence-corrected chi connectivity index (χ3v) is 7.23. The van der Waals surface area contributed by atoms with E-state index in [1.165, 1.54) is 23.5 Å². The van der Waals surface area contributed by atoms with Crippen LogP contribution in [0.4, 0.5) is 10.8 Å². The van der Waals surface area contributed by atoms with Crippen LogP contribution in [0, 0.1) is 15.5 Å². The van der Waals surface area contributed by atoms with Crippen molar-refractivity contribution in [3.8, 4) is 0 Å². The molecule has 0 saturated carbocycles. The number of hydrogen-bond donors (Lipinski definition) is 5. The Morgan fingerprint density at radius 2 is 2.09 bits per heavy atom. The lowest BCUT2D eigenvalue weighted by molar-refractivity contribution is -0.384. The van der Waals surface area contributed by atoms with E-state index in [0.29, 0.717) is 23.2 Å². The fraction of sp³-hybridized carbons (Fsp3) is 0.312. The Morgan fingerprint density at radius 3 is 2.76 bits per heavy atom. The van der Waals surface area contributed by atoms with Crippen molar-refractivity contribution in [1.29, 1.82) is 5.41 Å². The number of nitrogens with two attached hydrogens (primary N) is 2. The van der Waals surface area contributed by atoms with Crippen molar-refractivity contribution in [2.75, 3.05) is 24.3 Å². The van der Waals surface area contributed by atoms with Crippen molar-refractivity contribution < 1.29 is 13.3 Å². The fourth-order valence-electron chi connectivity index (χ4n) is 2.70. The van der Waals surface area contributed by atoms with Crippen molar-refractivity contribution in [3.63, 3.8) is 0 Å². The van der Waals surface area contributed by atoms with Gasteiger partial charge in [0, 0.05) is 42.1 Å². The number of aromatic nitrogens is 1. The second-order valence-electron chi connectivity index (χ2n) is 6.68. The molecule has 0 aliphatic carbocycles. The average molecular weight is 515 g/mol.